The van der Waals surface area contributed by atoms with Gasteiger partial charge in [0, 0.05) is 12.8 Å². The zero-order valence-corrected chi connectivity index (χ0v) is 40.3. The number of hydrogen-bond acceptors (Lipinski definition) is 5. The van der Waals surface area contributed by atoms with Gasteiger partial charge in [-0.2, -0.15) is 0 Å². The van der Waals surface area contributed by atoms with Crippen molar-refractivity contribution in [1.29, 1.82) is 0 Å². The van der Waals surface area contributed by atoms with Crippen molar-refractivity contribution in [3.63, 3.8) is 0 Å². The first-order valence-corrected chi connectivity index (χ1v) is 27.1. The molecule has 0 saturated heterocycles. The number of rotatable bonds is 51. The number of hydrogen-bond donors (Lipinski definition) is 1. The van der Waals surface area contributed by atoms with Gasteiger partial charge in [-0.3, -0.25) is 9.59 Å². The first kappa shape index (κ1) is 57.9. The van der Waals surface area contributed by atoms with Crippen LogP contribution in [0.4, 0.5) is 0 Å². The van der Waals surface area contributed by atoms with Crippen LogP contribution in [0.2, 0.25) is 0 Å². The van der Waals surface area contributed by atoms with Gasteiger partial charge in [-0.25, -0.2) is 0 Å². The van der Waals surface area contributed by atoms with Crippen molar-refractivity contribution in [2.75, 3.05) is 13.2 Å². The third-order valence-electron chi connectivity index (χ3n) is 12.7. The van der Waals surface area contributed by atoms with E-state index in [4.69, 9.17) is 9.47 Å². The standard InChI is InChI=1S/C54H106O5/c1-3-5-7-9-11-13-15-17-19-20-21-22-23-24-25-26-27-28-29-30-31-32-33-35-37-39-41-43-45-47-49-54(57)59-52(50-55)51-58-53(56)48-46-44-42-40-38-36-34-18-16-14-12-10-8-6-4-2/h52,55H,3-51H2,1-2H3. The number of carbonyl (C=O) groups is 2. The molecule has 0 aliphatic heterocycles. The van der Waals surface area contributed by atoms with E-state index in [1.165, 1.54) is 257 Å². The van der Waals surface area contributed by atoms with Gasteiger partial charge in [0.1, 0.15) is 6.61 Å². The maximum absolute atomic E-state index is 12.3. The van der Waals surface area contributed by atoms with Crippen LogP contribution in [0.5, 0.6) is 0 Å². The van der Waals surface area contributed by atoms with E-state index < -0.39 is 6.10 Å². The van der Waals surface area contributed by atoms with Gasteiger partial charge < -0.3 is 14.6 Å². The summed E-state index contributed by atoms with van der Waals surface area (Å²) in [7, 11) is 0. The highest BCUT2D eigenvalue weighted by Crippen LogP contribution is 2.18. The fourth-order valence-electron chi connectivity index (χ4n) is 8.56. The van der Waals surface area contributed by atoms with Gasteiger partial charge in [0.15, 0.2) is 6.10 Å². The van der Waals surface area contributed by atoms with Crippen LogP contribution in [-0.4, -0.2) is 36.4 Å². The molecule has 1 atom stereocenters. The average molecular weight is 835 g/mol. The van der Waals surface area contributed by atoms with E-state index in [9.17, 15) is 14.7 Å². The highest BCUT2D eigenvalue weighted by Gasteiger charge is 2.16. The first-order chi connectivity index (χ1) is 29.1. The first-order valence-electron chi connectivity index (χ1n) is 27.1. The summed E-state index contributed by atoms with van der Waals surface area (Å²) in [5, 5.41) is 9.62. The lowest BCUT2D eigenvalue weighted by Crippen LogP contribution is -2.28. The molecule has 0 saturated carbocycles. The Kier molecular flexibility index (Phi) is 50.3. The Labute approximate surface area is 369 Å². The Balaban J connectivity index is 3.37. The monoisotopic (exact) mass is 835 g/mol. The van der Waals surface area contributed by atoms with Crippen LogP contribution in [-0.2, 0) is 19.1 Å². The van der Waals surface area contributed by atoms with E-state index in [1.54, 1.807) is 0 Å². The topological polar surface area (TPSA) is 72.8 Å². The fourth-order valence-corrected chi connectivity index (χ4v) is 8.56. The van der Waals surface area contributed by atoms with Crippen molar-refractivity contribution in [3.8, 4) is 0 Å². The van der Waals surface area contributed by atoms with Crippen molar-refractivity contribution < 1.29 is 24.2 Å². The van der Waals surface area contributed by atoms with Crippen LogP contribution in [0.15, 0.2) is 0 Å². The average Bonchev–Trinajstić information content (AvgIpc) is 3.24. The van der Waals surface area contributed by atoms with Gasteiger partial charge in [0.25, 0.3) is 0 Å². The highest BCUT2D eigenvalue weighted by molar-refractivity contribution is 5.70. The molecule has 352 valence electrons. The Hall–Kier alpha value is -1.10. The van der Waals surface area contributed by atoms with Gasteiger partial charge in [-0.1, -0.05) is 290 Å². The zero-order chi connectivity index (χ0) is 42.8. The normalized spacial score (nSPS) is 12.0. The van der Waals surface area contributed by atoms with E-state index in [2.05, 4.69) is 13.8 Å². The lowest BCUT2D eigenvalue weighted by Gasteiger charge is -2.15. The predicted molar refractivity (Wildman–Crippen MR) is 256 cm³/mol. The molecule has 0 aliphatic rings. The van der Waals surface area contributed by atoms with E-state index in [0.717, 1.165) is 32.1 Å². The Bertz CT molecular complexity index is 815. The molecule has 1 N–H and O–H groups in total. The number of aliphatic hydroxyl groups is 1. The smallest absolute Gasteiger partial charge is 0.306 e. The molecule has 59 heavy (non-hydrogen) atoms. The number of esters is 2. The Morgan fingerprint density at radius 1 is 0.322 bits per heavy atom. The van der Waals surface area contributed by atoms with E-state index in [1.807, 2.05) is 0 Å². The molecule has 1 unspecified atom stereocenters. The van der Waals surface area contributed by atoms with Gasteiger partial charge in [0.05, 0.1) is 6.61 Å². The third-order valence-corrected chi connectivity index (χ3v) is 12.7. The zero-order valence-electron chi connectivity index (χ0n) is 40.3. The molecule has 0 bridgehead atoms. The molecule has 0 rings (SSSR count). The molecular weight excluding hydrogens is 729 g/mol. The second-order valence-electron chi connectivity index (χ2n) is 18.7. The highest BCUT2D eigenvalue weighted by atomic mass is 16.6. The summed E-state index contributed by atoms with van der Waals surface area (Å²) < 4.78 is 10.7. The molecular formula is C54H106O5. The summed E-state index contributed by atoms with van der Waals surface area (Å²) in [4.78, 5) is 24.4. The maximum Gasteiger partial charge on any atom is 0.306 e. The molecule has 0 radical (unpaired) electrons. The quantitative estimate of drug-likeness (QED) is 0.0488. The van der Waals surface area contributed by atoms with E-state index in [-0.39, 0.29) is 25.2 Å². The van der Waals surface area contributed by atoms with E-state index >= 15 is 0 Å². The minimum absolute atomic E-state index is 0.0561. The third kappa shape index (κ3) is 49.4. The van der Waals surface area contributed by atoms with Crippen LogP contribution in [0.25, 0.3) is 0 Å². The fraction of sp³-hybridized carbons (Fsp3) is 0.963. The van der Waals surface area contributed by atoms with Crippen LogP contribution < -0.4 is 0 Å². The summed E-state index contributed by atoms with van der Waals surface area (Å²) in [6.07, 6.45) is 60.8. The largest absolute Gasteiger partial charge is 0.462 e. The van der Waals surface area contributed by atoms with Crippen molar-refractivity contribution in [3.05, 3.63) is 0 Å². The number of ether oxygens (including phenoxy) is 2. The van der Waals surface area contributed by atoms with E-state index in [0.29, 0.717) is 12.8 Å². The predicted octanol–water partition coefficient (Wildman–Crippen LogP) is 17.8. The van der Waals surface area contributed by atoms with Gasteiger partial charge >= 0.3 is 11.9 Å². The van der Waals surface area contributed by atoms with Crippen molar-refractivity contribution in [1.82, 2.24) is 0 Å². The lowest BCUT2D eigenvalue weighted by atomic mass is 10.0. The SMILES string of the molecule is CCCCCCCCCCCCCCCCCCCCCCCCCCCCCCCCC(=O)OC(CO)COC(=O)CCCCCCCCCCCCCCCCC. The summed E-state index contributed by atoms with van der Waals surface area (Å²) in [6.45, 7) is 4.20. The molecule has 0 aromatic rings. The Morgan fingerprint density at radius 3 is 0.746 bits per heavy atom. The molecule has 5 nitrogen and oxygen atoms in total. The minimum atomic E-state index is -0.763. The maximum atomic E-state index is 12.3. The molecule has 0 aromatic carbocycles. The molecule has 0 amide bonds. The minimum Gasteiger partial charge on any atom is -0.462 e. The van der Waals surface area contributed by atoms with Gasteiger partial charge in [0.2, 0.25) is 0 Å². The molecule has 0 spiro atoms. The van der Waals surface area contributed by atoms with Crippen molar-refractivity contribution in [2.24, 2.45) is 0 Å². The van der Waals surface area contributed by atoms with Gasteiger partial charge in [-0.05, 0) is 12.8 Å². The van der Waals surface area contributed by atoms with Crippen LogP contribution >= 0.6 is 0 Å². The van der Waals surface area contributed by atoms with Crippen molar-refractivity contribution in [2.45, 2.75) is 322 Å². The van der Waals surface area contributed by atoms with Crippen LogP contribution in [0.3, 0.4) is 0 Å². The summed E-state index contributed by atoms with van der Waals surface area (Å²) in [5.74, 6) is -0.567. The van der Waals surface area contributed by atoms with Crippen LogP contribution in [0, 0.1) is 0 Å². The molecule has 0 heterocycles. The summed E-state index contributed by atoms with van der Waals surface area (Å²) in [5.41, 5.74) is 0. The molecule has 5 heteroatoms. The Morgan fingerprint density at radius 2 is 0.525 bits per heavy atom. The number of aliphatic hydroxyl groups excluding tert-OH is 1. The van der Waals surface area contributed by atoms with Gasteiger partial charge in [-0.15, -0.1) is 0 Å². The molecule has 0 fully saturated rings. The number of unbranched alkanes of at least 4 members (excludes halogenated alkanes) is 43. The summed E-state index contributed by atoms with van der Waals surface area (Å²) >= 11 is 0. The van der Waals surface area contributed by atoms with Crippen LogP contribution in [0.1, 0.15) is 316 Å². The second-order valence-corrected chi connectivity index (χ2v) is 18.7. The second kappa shape index (κ2) is 51.3. The molecule has 0 aliphatic carbocycles. The lowest BCUT2D eigenvalue weighted by molar-refractivity contribution is -0.161. The molecule has 0 aromatic heterocycles. The van der Waals surface area contributed by atoms with Crippen molar-refractivity contribution >= 4 is 11.9 Å². The summed E-state index contributed by atoms with van der Waals surface area (Å²) in [6, 6.07) is 0. The number of carbonyl (C=O) groups excluding carboxylic acids is 2.